The van der Waals surface area contributed by atoms with Gasteiger partial charge in [-0.05, 0) is 60.7 Å². The maximum absolute atomic E-state index is 9.70. The predicted octanol–water partition coefficient (Wildman–Crippen LogP) is 3.09. The minimum absolute atomic E-state index is 0.196. The molecule has 0 aliphatic carbocycles. The molecule has 5 heteroatoms. The smallest absolute Gasteiger partial charge is 0.122 e. The Labute approximate surface area is 168 Å². The number of aliphatic hydroxyl groups excluding tert-OH is 1. The maximum atomic E-state index is 9.70. The summed E-state index contributed by atoms with van der Waals surface area (Å²) in [5.41, 5.74) is 4.92. The Balaban J connectivity index is 1.69. The third kappa shape index (κ3) is 4.85. The van der Waals surface area contributed by atoms with E-state index in [9.17, 15) is 10.2 Å². The molecule has 0 amide bonds. The molecule has 28 heavy (non-hydrogen) atoms. The molecule has 1 heterocycles. The Morgan fingerprint density at radius 2 is 1.89 bits per heavy atom. The molecule has 1 atom stereocenters. The first-order valence-corrected chi connectivity index (χ1v) is 10.00. The van der Waals surface area contributed by atoms with E-state index in [0.29, 0.717) is 11.8 Å². The summed E-state index contributed by atoms with van der Waals surface area (Å²) in [6.45, 7) is 9.04. The molecule has 1 aliphatic rings. The lowest BCUT2D eigenvalue weighted by molar-refractivity contribution is 0.0498. The summed E-state index contributed by atoms with van der Waals surface area (Å²) < 4.78 is 5.44. The summed E-state index contributed by atoms with van der Waals surface area (Å²) in [4.78, 5) is 4.90. The summed E-state index contributed by atoms with van der Waals surface area (Å²) in [6, 6.07) is 12.0. The number of piperazine rings is 1. The lowest BCUT2D eigenvalue weighted by Crippen LogP contribution is -2.52. The van der Waals surface area contributed by atoms with Crippen LogP contribution in [0.3, 0.4) is 0 Å². The summed E-state index contributed by atoms with van der Waals surface area (Å²) in [5, 5.41) is 19.3. The average molecular weight is 385 g/mol. The van der Waals surface area contributed by atoms with Crippen LogP contribution in [0.5, 0.6) is 11.5 Å². The van der Waals surface area contributed by atoms with Gasteiger partial charge in [-0.25, -0.2) is 0 Å². The van der Waals surface area contributed by atoms with Gasteiger partial charge in [0, 0.05) is 45.4 Å². The maximum Gasteiger partial charge on any atom is 0.122 e. The molecule has 0 aromatic heterocycles. The first-order valence-electron chi connectivity index (χ1n) is 10.00. The number of rotatable bonds is 7. The third-order valence-electron chi connectivity index (χ3n) is 5.91. The highest BCUT2D eigenvalue weighted by Crippen LogP contribution is 2.26. The summed E-state index contributed by atoms with van der Waals surface area (Å²) in [6.07, 6.45) is 0.769. The van der Waals surface area contributed by atoms with Crippen LogP contribution in [0.1, 0.15) is 28.7 Å². The van der Waals surface area contributed by atoms with Crippen LogP contribution in [0, 0.1) is 13.8 Å². The van der Waals surface area contributed by atoms with Crippen LogP contribution in [-0.4, -0.2) is 59.4 Å². The van der Waals surface area contributed by atoms with Gasteiger partial charge in [0.1, 0.15) is 11.5 Å². The van der Waals surface area contributed by atoms with E-state index in [1.165, 1.54) is 16.7 Å². The second kappa shape index (κ2) is 9.41. The molecule has 0 saturated carbocycles. The molecule has 1 unspecified atom stereocenters. The molecule has 0 bridgehead atoms. The molecule has 3 rings (SSSR count). The number of phenols is 1. The van der Waals surface area contributed by atoms with E-state index in [-0.39, 0.29) is 6.61 Å². The number of hydrogen-bond acceptors (Lipinski definition) is 5. The number of methoxy groups -OCH3 is 1. The lowest BCUT2D eigenvalue weighted by atomic mass is 10.00. The first kappa shape index (κ1) is 20.6. The van der Waals surface area contributed by atoms with Crippen molar-refractivity contribution in [1.29, 1.82) is 0 Å². The Bertz CT molecular complexity index is 793. The van der Waals surface area contributed by atoms with E-state index >= 15 is 0 Å². The minimum Gasteiger partial charge on any atom is -0.508 e. The summed E-state index contributed by atoms with van der Waals surface area (Å²) in [7, 11) is 1.71. The van der Waals surface area contributed by atoms with Crippen LogP contribution >= 0.6 is 0 Å². The molecule has 1 fully saturated rings. The molecule has 152 valence electrons. The van der Waals surface area contributed by atoms with E-state index in [1.54, 1.807) is 13.2 Å². The third-order valence-corrected chi connectivity index (χ3v) is 5.91. The van der Waals surface area contributed by atoms with Crippen molar-refractivity contribution in [2.75, 3.05) is 33.4 Å². The van der Waals surface area contributed by atoms with Crippen molar-refractivity contribution in [3.63, 3.8) is 0 Å². The van der Waals surface area contributed by atoms with Crippen molar-refractivity contribution in [2.45, 2.75) is 39.4 Å². The van der Waals surface area contributed by atoms with Crippen LogP contribution in [0.25, 0.3) is 0 Å². The van der Waals surface area contributed by atoms with Gasteiger partial charge in [0.2, 0.25) is 0 Å². The Morgan fingerprint density at radius 1 is 1.07 bits per heavy atom. The van der Waals surface area contributed by atoms with E-state index in [4.69, 9.17) is 4.74 Å². The molecule has 2 N–H and O–H groups in total. The van der Waals surface area contributed by atoms with Crippen LogP contribution in [0.2, 0.25) is 0 Å². The minimum atomic E-state index is 0.196. The van der Waals surface area contributed by atoms with E-state index in [0.717, 1.165) is 50.5 Å². The Morgan fingerprint density at radius 3 is 2.61 bits per heavy atom. The number of nitrogens with zero attached hydrogens (tertiary/aromatic N) is 2. The fraction of sp³-hybridized carbons (Fsp3) is 0.478. The Hall–Kier alpha value is -2.08. The first-order chi connectivity index (χ1) is 13.5. The van der Waals surface area contributed by atoms with Crippen LogP contribution in [0.15, 0.2) is 36.4 Å². The second-order valence-electron chi connectivity index (χ2n) is 7.72. The zero-order chi connectivity index (χ0) is 20.1. The van der Waals surface area contributed by atoms with Gasteiger partial charge in [0.25, 0.3) is 0 Å². The van der Waals surface area contributed by atoms with Crippen LogP contribution in [0.4, 0.5) is 0 Å². The molecule has 2 aromatic rings. The Kier molecular flexibility index (Phi) is 6.94. The van der Waals surface area contributed by atoms with E-state index in [2.05, 4.69) is 41.8 Å². The highest BCUT2D eigenvalue weighted by Gasteiger charge is 2.27. The molecular weight excluding hydrogens is 352 g/mol. The van der Waals surface area contributed by atoms with Crippen LogP contribution < -0.4 is 4.74 Å². The van der Waals surface area contributed by atoms with Gasteiger partial charge >= 0.3 is 0 Å². The average Bonchev–Trinajstić information content (AvgIpc) is 2.68. The number of aromatic hydroxyl groups is 1. The van der Waals surface area contributed by atoms with Gasteiger partial charge in [-0.1, -0.05) is 18.2 Å². The number of hydrogen-bond donors (Lipinski definition) is 2. The molecule has 0 radical (unpaired) electrons. The van der Waals surface area contributed by atoms with Gasteiger partial charge < -0.3 is 14.9 Å². The molecule has 1 aliphatic heterocycles. The highest BCUT2D eigenvalue weighted by molar-refractivity contribution is 5.43. The van der Waals surface area contributed by atoms with Gasteiger partial charge in [-0.2, -0.15) is 0 Å². The number of benzene rings is 2. The fourth-order valence-corrected chi connectivity index (χ4v) is 4.11. The largest absolute Gasteiger partial charge is 0.508 e. The summed E-state index contributed by atoms with van der Waals surface area (Å²) >= 11 is 0. The molecule has 2 aromatic carbocycles. The van der Waals surface area contributed by atoms with Crippen molar-refractivity contribution in [3.05, 3.63) is 58.7 Å². The topological polar surface area (TPSA) is 56.2 Å². The molecule has 1 saturated heterocycles. The van der Waals surface area contributed by atoms with E-state index < -0.39 is 0 Å². The normalized spacial score (nSPS) is 18.4. The van der Waals surface area contributed by atoms with Crippen molar-refractivity contribution in [2.24, 2.45) is 0 Å². The molecule has 0 spiro atoms. The lowest BCUT2D eigenvalue weighted by Gasteiger charge is -2.41. The standard InChI is InChI=1S/C23H32N2O3/c1-17-18(2)23(28-3)8-7-20(17)15-25-11-10-24(16-21(25)9-12-26)14-19-5-4-6-22(27)13-19/h4-8,13,21,26-27H,9-12,14-16H2,1-3H3. The zero-order valence-corrected chi connectivity index (χ0v) is 17.2. The monoisotopic (exact) mass is 384 g/mol. The van der Waals surface area contributed by atoms with Crippen molar-refractivity contribution < 1.29 is 14.9 Å². The van der Waals surface area contributed by atoms with Crippen LogP contribution in [-0.2, 0) is 13.1 Å². The van der Waals surface area contributed by atoms with Crippen molar-refractivity contribution in [3.8, 4) is 11.5 Å². The molecule has 5 nitrogen and oxygen atoms in total. The van der Waals surface area contributed by atoms with E-state index in [1.807, 2.05) is 12.1 Å². The highest BCUT2D eigenvalue weighted by atomic mass is 16.5. The number of aliphatic hydroxyl groups is 1. The number of ether oxygens (including phenoxy) is 1. The van der Waals surface area contributed by atoms with Gasteiger partial charge in [-0.15, -0.1) is 0 Å². The van der Waals surface area contributed by atoms with Crippen molar-refractivity contribution in [1.82, 2.24) is 9.80 Å². The number of phenolic OH excluding ortho intramolecular Hbond substituents is 1. The van der Waals surface area contributed by atoms with Gasteiger partial charge in [-0.3, -0.25) is 9.80 Å². The van der Waals surface area contributed by atoms with Gasteiger partial charge in [0.15, 0.2) is 0 Å². The predicted molar refractivity (Wildman–Crippen MR) is 112 cm³/mol. The van der Waals surface area contributed by atoms with Crippen molar-refractivity contribution >= 4 is 0 Å². The van der Waals surface area contributed by atoms with Gasteiger partial charge in [0.05, 0.1) is 7.11 Å². The fourth-order valence-electron chi connectivity index (χ4n) is 4.11. The molecular formula is C23H32N2O3. The quantitative estimate of drug-likeness (QED) is 0.768. The summed E-state index contributed by atoms with van der Waals surface area (Å²) in [5.74, 6) is 1.25. The SMILES string of the molecule is COc1ccc(CN2CCN(Cc3cccc(O)c3)CC2CCO)c(C)c1C. The second-order valence-corrected chi connectivity index (χ2v) is 7.72. The zero-order valence-electron chi connectivity index (χ0n) is 17.2.